The second-order valence-electron chi connectivity index (χ2n) is 6.83. The van der Waals surface area contributed by atoms with Crippen molar-refractivity contribution in [1.29, 1.82) is 0 Å². The highest BCUT2D eigenvalue weighted by atomic mass is 32.2. The molecule has 4 rings (SSSR count). The number of hydrogen-bond donors (Lipinski definition) is 0. The second kappa shape index (κ2) is 8.53. The predicted octanol–water partition coefficient (Wildman–Crippen LogP) is 3.14. The molecule has 2 aromatic carbocycles. The van der Waals surface area contributed by atoms with Crippen LogP contribution in [0.3, 0.4) is 0 Å². The Morgan fingerprint density at radius 3 is 2.37 bits per heavy atom. The lowest BCUT2D eigenvalue weighted by Crippen LogP contribution is -2.48. The van der Waals surface area contributed by atoms with Crippen molar-refractivity contribution in [3.8, 4) is 11.5 Å². The third kappa shape index (κ3) is 3.95. The summed E-state index contributed by atoms with van der Waals surface area (Å²) in [6, 6.07) is 12.8. The fourth-order valence-corrected chi connectivity index (χ4v) is 4.89. The maximum Gasteiger partial charge on any atom is 0.298 e. The largest absolute Gasteiger partial charge is 0.490 e. The van der Waals surface area contributed by atoms with Gasteiger partial charge in [-0.1, -0.05) is 12.1 Å². The van der Waals surface area contributed by atoms with E-state index in [-0.39, 0.29) is 4.90 Å². The number of benzene rings is 2. The van der Waals surface area contributed by atoms with Crippen LogP contribution in [0.2, 0.25) is 0 Å². The number of piperazine rings is 1. The van der Waals surface area contributed by atoms with Gasteiger partial charge in [0.05, 0.1) is 18.1 Å². The summed E-state index contributed by atoms with van der Waals surface area (Å²) in [5.74, 6) is 0.976. The Labute approximate surface area is 176 Å². The first-order valence-electron chi connectivity index (χ1n) is 10.0. The van der Waals surface area contributed by atoms with Gasteiger partial charge in [0.2, 0.25) is 10.0 Å². The Balaban J connectivity index is 1.50. The molecule has 0 unspecified atom stereocenters. The number of oxazole rings is 1. The van der Waals surface area contributed by atoms with Crippen molar-refractivity contribution < 1.29 is 22.3 Å². The van der Waals surface area contributed by atoms with Crippen LogP contribution in [-0.4, -0.2) is 57.1 Å². The first-order chi connectivity index (χ1) is 14.5. The van der Waals surface area contributed by atoms with Gasteiger partial charge in [-0.2, -0.15) is 9.29 Å². The zero-order chi connectivity index (χ0) is 21.1. The smallest absolute Gasteiger partial charge is 0.298 e. The molecule has 2 heterocycles. The van der Waals surface area contributed by atoms with Crippen LogP contribution in [0.25, 0.3) is 11.1 Å². The number of nitrogens with zero attached hydrogens (tertiary/aromatic N) is 3. The van der Waals surface area contributed by atoms with Gasteiger partial charge in [-0.25, -0.2) is 8.42 Å². The zero-order valence-corrected chi connectivity index (χ0v) is 17.9. The van der Waals surface area contributed by atoms with Crippen LogP contribution in [0, 0.1) is 0 Å². The van der Waals surface area contributed by atoms with Gasteiger partial charge in [-0.3, -0.25) is 0 Å². The Morgan fingerprint density at radius 2 is 1.67 bits per heavy atom. The van der Waals surface area contributed by atoms with Crippen LogP contribution < -0.4 is 14.4 Å². The minimum absolute atomic E-state index is 0.199. The zero-order valence-electron chi connectivity index (χ0n) is 17.1. The number of hydrogen-bond acceptors (Lipinski definition) is 7. The van der Waals surface area contributed by atoms with Gasteiger partial charge in [0.25, 0.3) is 6.01 Å². The van der Waals surface area contributed by atoms with Crippen molar-refractivity contribution >= 4 is 27.1 Å². The molecule has 0 atom stereocenters. The lowest BCUT2D eigenvalue weighted by Gasteiger charge is -2.33. The van der Waals surface area contributed by atoms with Crippen LogP contribution in [0.5, 0.6) is 11.5 Å². The molecule has 0 radical (unpaired) electrons. The van der Waals surface area contributed by atoms with Crippen LogP contribution in [0.1, 0.15) is 13.8 Å². The number of sulfonamides is 1. The SMILES string of the molecule is CCOc1ccc(S(=O)(=O)N2CCN(c3nc4ccccc4o3)CC2)cc1OCC. The number of rotatable bonds is 7. The minimum atomic E-state index is -3.64. The van der Waals surface area contributed by atoms with E-state index in [1.54, 1.807) is 12.1 Å². The maximum absolute atomic E-state index is 13.2. The van der Waals surface area contributed by atoms with Gasteiger partial charge in [0.1, 0.15) is 5.52 Å². The van der Waals surface area contributed by atoms with Crippen LogP contribution in [-0.2, 0) is 10.0 Å². The summed E-state index contributed by atoms with van der Waals surface area (Å²) in [6.07, 6.45) is 0. The van der Waals surface area contributed by atoms with Crippen molar-refractivity contribution in [1.82, 2.24) is 9.29 Å². The molecule has 3 aromatic rings. The quantitative estimate of drug-likeness (QED) is 0.568. The molecule has 0 bridgehead atoms. The molecule has 0 spiro atoms. The van der Waals surface area contributed by atoms with E-state index in [4.69, 9.17) is 13.9 Å². The lowest BCUT2D eigenvalue weighted by atomic mass is 10.3. The average Bonchev–Trinajstić information content (AvgIpc) is 3.20. The summed E-state index contributed by atoms with van der Waals surface area (Å²) in [5, 5.41) is 0. The highest BCUT2D eigenvalue weighted by molar-refractivity contribution is 7.89. The molecule has 0 amide bonds. The molecule has 1 aliphatic rings. The van der Waals surface area contributed by atoms with E-state index in [0.717, 1.165) is 11.1 Å². The summed E-state index contributed by atoms with van der Waals surface area (Å²) in [4.78, 5) is 6.67. The number of anilines is 1. The Morgan fingerprint density at radius 1 is 0.967 bits per heavy atom. The average molecular weight is 432 g/mol. The summed E-state index contributed by atoms with van der Waals surface area (Å²) in [6.45, 7) is 6.31. The maximum atomic E-state index is 13.2. The minimum Gasteiger partial charge on any atom is -0.490 e. The van der Waals surface area contributed by atoms with Crippen molar-refractivity contribution in [2.75, 3.05) is 44.3 Å². The number of para-hydroxylation sites is 2. The summed E-state index contributed by atoms with van der Waals surface area (Å²) in [7, 11) is -3.64. The van der Waals surface area contributed by atoms with E-state index in [1.165, 1.54) is 10.4 Å². The van der Waals surface area contributed by atoms with E-state index in [9.17, 15) is 8.42 Å². The molecule has 30 heavy (non-hydrogen) atoms. The van der Waals surface area contributed by atoms with E-state index < -0.39 is 10.0 Å². The summed E-state index contributed by atoms with van der Waals surface area (Å²) < 4.78 is 44.7. The fourth-order valence-electron chi connectivity index (χ4n) is 3.46. The van der Waals surface area contributed by atoms with Crippen molar-refractivity contribution in [2.24, 2.45) is 0 Å². The van der Waals surface area contributed by atoms with Gasteiger partial charge >= 0.3 is 0 Å². The molecule has 160 valence electrons. The Bertz CT molecular complexity index is 1090. The van der Waals surface area contributed by atoms with E-state index >= 15 is 0 Å². The van der Waals surface area contributed by atoms with Crippen molar-refractivity contribution in [3.05, 3.63) is 42.5 Å². The standard InChI is InChI=1S/C21H25N3O5S/c1-3-27-19-10-9-16(15-20(19)28-4-2)30(25,26)24-13-11-23(12-14-24)21-22-17-7-5-6-8-18(17)29-21/h5-10,15H,3-4,11-14H2,1-2H3. The van der Waals surface area contributed by atoms with Crippen molar-refractivity contribution in [3.63, 3.8) is 0 Å². The molecule has 1 aromatic heterocycles. The van der Waals surface area contributed by atoms with Gasteiger partial charge in [-0.05, 0) is 38.1 Å². The van der Waals surface area contributed by atoms with Gasteiger partial charge in [0, 0.05) is 32.2 Å². The monoisotopic (exact) mass is 431 g/mol. The lowest BCUT2D eigenvalue weighted by molar-refractivity contribution is 0.286. The van der Waals surface area contributed by atoms with Gasteiger partial charge in [-0.15, -0.1) is 0 Å². The highest BCUT2D eigenvalue weighted by Crippen LogP contribution is 2.32. The predicted molar refractivity (Wildman–Crippen MR) is 114 cm³/mol. The molecular formula is C21H25N3O5S. The fraction of sp³-hybridized carbons (Fsp3) is 0.381. The number of fused-ring (bicyclic) bond motifs is 1. The van der Waals surface area contributed by atoms with Crippen molar-refractivity contribution in [2.45, 2.75) is 18.7 Å². The van der Waals surface area contributed by atoms with Crippen LogP contribution in [0.15, 0.2) is 51.8 Å². The highest BCUT2D eigenvalue weighted by Gasteiger charge is 2.30. The molecule has 0 saturated carbocycles. The number of aromatic nitrogens is 1. The molecule has 0 aliphatic carbocycles. The summed E-state index contributed by atoms with van der Waals surface area (Å²) >= 11 is 0. The topological polar surface area (TPSA) is 85.1 Å². The summed E-state index contributed by atoms with van der Waals surface area (Å²) in [5.41, 5.74) is 1.51. The Hall–Kier alpha value is -2.78. The van der Waals surface area contributed by atoms with Gasteiger partial charge < -0.3 is 18.8 Å². The molecule has 9 heteroatoms. The molecule has 1 aliphatic heterocycles. The molecule has 8 nitrogen and oxygen atoms in total. The molecule has 0 N–H and O–H groups in total. The number of ether oxygens (including phenoxy) is 2. The third-order valence-electron chi connectivity index (χ3n) is 4.94. The van der Waals surface area contributed by atoms with E-state index in [0.29, 0.717) is 56.9 Å². The second-order valence-corrected chi connectivity index (χ2v) is 8.77. The van der Waals surface area contributed by atoms with E-state index in [1.807, 2.05) is 43.0 Å². The van der Waals surface area contributed by atoms with Gasteiger partial charge in [0.15, 0.2) is 17.1 Å². The normalized spacial score (nSPS) is 15.5. The van der Waals surface area contributed by atoms with Crippen LogP contribution in [0.4, 0.5) is 6.01 Å². The Kier molecular flexibility index (Phi) is 5.83. The van der Waals surface area contributed by atoms with E-state index in [2.05, 4.69) is 4.98 Å². The molecular weight excluding hydrogens is 406 g/mol. The van der Waals surface area contributed by atoms with Crippen LogP contribution >= 0.6 is 0 Å². The third-order valence-corrected chi connectivity index (χ3v) is 6.84. The molecule has 1 fully saturated rings. The molecule has 1 saturated heterocycles. The first kappa shape index (κ1) is 20.5. The first-order valence-corrected chi connectivity index (χ1v) is 11.5.